The van der Waals surface area contributed by atoms with Crippen molar-refractivity contribution in [3.63, 3.8) is 0 Å². The van der Waals surface area contributed by atoms with Gasteiger partial charge in [0, 0.05) is 51.4 Å². The van der Waals surface area contributed by atoms with Gasteiger partial charge in [-0.05, 0) is 27.6 Å². The number of hydrogen-bond donors (Lipinski definition) is 0. The Hall–Kier alpha value is -0.680. The summed E-state index contributed by atoms with van der Waals surface area (Å²) in [5, 5.41) is 10.7. The van der Waals surface area contributed by atoms with E-state index in [4.69, 9.17) is 0 Å². The zero-order chi connectivity index (χ0) is 23.2. The van der Waals surface area contributed by atoms with Gasteiger partial charge in [-0.15, -0.1) is 47.0 Å². The molecule has 0 aliphatic carbocycles. The summed E-state index contributed by atoms with van der Waals surface area (Å²) in [7, 11) is 0. The number of rotatable bonds is 8. The molecule has 170 valence electrons. The first-order valence-electron chi connectivity index (χ1n) is 11.6. The van der Waals surface area contributed by atoms with Crippen LogP contribution in [-0.2, 0) is 0 Å². The Balaban J connectivity index is 2.26. The van der Waals surface area contributed by atoms with Gasteiger partial charge in [0.05, 0.1) is 0 Å². The molecule has 0 nitrogen and oxygen atoms in total. The highest BCUT2D eigenvalue weighted by Crippen LogP contribution is 2.54. The topological polar surface area (TPSA) is 0 Å². The van der Waals surface area contributed by atoms with Crippen molar-refractivity contribution in [3.05, 3.63) is 36.4 Å². The molecule has 0 radical (unpaired) electrons. The van der Waals surface area contributed by atoms with Crippen LogP contribution in [-0.4, -0.2) is 21.0 Å². The molecule has 0 heterocycles. The van der Waals surface area contributed by atoms with Crippen LogP contribution in [0.25, 0.3) is 32.3 Å². The fraction of sp³-hybridized carbons (Fsp3) is 0.429. The lowest BCUT2D eigenvalue weighted by atomic mass is 9.94. The molecule has 0 N–H and O–H groups in total. The third-order valence-corrected chi connectivity index (χ3v) is 9.84. The lowest BCUT2D eigenvalue weighted by molar-refractivity contribution is 1.05. The van der Waals surface area contributed by atoms with Gasteiger partial charge in [-0.3, -0.25) is 0 Å². The molecule has 0 bridgehead atoms. The van der Waals surface area contributed by atoms with Gasteiger partial charge >= 0.3 is 0 Å². The summed E-state index contributed by atoms with van der Waals surface area (Å²) in [6.07, 6.45) is 0. The minimum Gasteiger partial charge on any atom is -0.123 e. The molecule has 0 aliphatic rings. The number of hydrogen-bond acceptors (Lipinski definition) is 4. The molecular weight excluding hydrogens is 465 g/mol. The van der Waals surface area contributed by atoms with E-state index in [1.54, 1.807) is 0 Å². The maximum atomic E-state index is 2.46. The van der Waals surface area contributed by atoms with Crippen LogP contribution < -0.4 is 0 Å². The molecule has 0 saturated carbocycles. The zero-order valence-electron chi connectivity index (χ0n) is 20.4. The largest absolute Gasteiger partial charge is 0.123 e. The minimum absolute atomic E-state index is 0.536. The van der Waals surface area contributed by atoms with Crippen LogP contribution in [0.15, 0.2) is 56.0 Å². The van der Waals surface area contributed by atoms with E-state index in [9.17, 15) is 0 Å². The molecule has 32 heavy (non-hydrogen) atoms. The Labute approximate surface area is 210 Å². The Morgan fingerprint density at radius 1 is 0.500 bits per heavy atom. The van der Waals surface area contributed by atoms with Gasteiger partial charge in [-0.1, -0.05) is 85.7 Å². The SMILES string of the molecule is CC(C)Sc1c(SC(C)C)c2ccc3cccc4cc(SC(C)C)c(c1SC(C)C)c2c34. The molecule has 0 spiro atoms. The average molecular weight is 499 g/mol. The standard InChI is InChI=1S/C28H34S4/c1-15(2)29-22-14-20-11-9-10-19-12-13-21-24(23(19)20)25(22)27(31-17(5)6)28(32-18(7)8)26(21)30-16(3)4/h9-18H,1-8H3. The van der Waals surface area contributed by atoms with Gasteiger partial charge in [0.1, 0.15) is 0 Å². The van der Waals surface area contributed by atoms with Crippen LogP contribution in [0.2, 0.25) is 0 Å². The van der Waals surface area contributed by atoms with Crippen molar-refractivity contribution < 1.29 is 0 Å². The fourth-order valence-corrected chi connectivity index (χ4v) is 8.88. The van der Waals surface area contributed by atoms with Crippen LogP contribution in [0.1, 0.15) is 55.4 Å². The number of benzene rings is 4. The maximum Gasteiger partial charge on any atom is 0.0360 e. The van der Waals surface area contributed by atoms with Gasteiger partial charge in [0.2, 0.25) is 0 Å². The van der Waals surface area contributed by atoms with E-state index in [1.165, 1.54) is 51.9 Å². The van der Waals surface area contributed by atoms with Crippen LogP contribution in [0.4, 0.5) is 0 Å². The van der Waals surface area contributed by atoms with E-state index in [2.05, 4.69) is 104 Å². The molecule has 0 saturated heterocycles. The number of thioether (sulfide) groups is 4. The molecule has 0 fully saturated rings. The molecule has 0 aliphatic heterocycles. The smallest absolute Gasteiger partial charge is 0.0360 e. The van der Waals surface area contributed by atoms with E-state index in [1.807, 2.05) is 35.3 Å². The Morgan fingerprint density at radius 3 is 1.69 bits per heavy atom. The van der Waals surface area contributed by atoms with Gasteiger partial charge in [0.15, 0.2) is 0 Å². The van der Waals surface area contributed by atoms with Gasteiger partial charge in [0.25, 0.3) is 0 Å². The molecule has 0 unspecified atom stereocenters. The van der Waals surface area contributed by atoms with Gasteiger partial charge in [-0.25, -0.2) is 0 Å². The predicted octanol–water partition coefficient (Wildman–Crippen LogP) is 10.6. The lowest BCUT2D eigenvalue weighted by Gasteiger charge is -2.26. The summed E-state index contributed by atoms with van der Waals surface area (Å²) < 4.78 is 0. The fourth-order valence-electron chi connectivity index (χ4n) is 4.27. The minimum atomic E-state index is 0.536. The van der Waals surface area contributed by atoms with Crippen molar-refractivity contribution in [1.29, 1.82) is 0 Å². The third-order valence-electron chi connectivity index (χ3n) is 5.17. The van der Waals surface area contributed by atoms with E-state index >= 15 is 0 Å². The molecule has 4 heteroatoms. The van der Waals surface area contributed by atoms with E-state index < -0.39 is 0 Å². The summed E-state index contributed by atoms with van der Waals surface area (Å²) in [5.74, 6) is 0. The van der Waals surface area contributed by atoms with Crippen LogP contribution in [0, 0.1) is 0 Å². The van der Waals surface area contributed by atoms with E-state index in [0.29, 0.717) is 21.0 Å². The van der Waals surface area contributed by atoms with Crippen molar-refractivity contribution >= 4 is 79.4 Å². The molecule has 0 amide bonds. The molecule has 4 aromatic carbocycles. The van der Waals surface area contributed by atoms with Crippen LogP contribution in [0.5, 0.6) is 0 Å². The average Bonchev–Trinajstić information content (AvgIpc) is 2.68. The first kappa shape index (κ1) is 24.4. The third kappa shape index (κ3) is 4.76. The summed E-state index contributed by atoms with van der Waals surface area (Å²) in [4.78, 5) is 5.91. The van der Waals surface area contributed by atoms with Crippen molar-refractivity contribution in [2.24, 2.45) is 0 Å². The molecule has 0 aromatic heterocycles. The first-order chi connectivity index (χ1) is 15.2. The normalized spacial score (nSPS) is 12.8. The van der Waals surface area contributed by atoms with Crippen molar-refractivity contribution in [3.8, 4) is 0 Å². The van der Waals surface area contributed by atoms with Crippen LogP contribution >= 0.6 is 47.0 Å². The Morgan fingerprint density at radius 2 is 1.06 bits per heavy atom. The highest BCUT2D eigenvalue weighted by Gasteiger charge is 2.25. The highest BCUT2D eigenvalue weighted by atomic mass is 32.2. The predicted molar refractivity (Wildman–Crippen MR) is 154 cm³/mol. The summed E-state index contributed by atoms with van der Waals surface area (Å²) in [5.41, 5.74) is 0. The van der Waals surface area contributed by atoms with Crippen molar-refractivity contribution in [1.82, 2.24) is 0 Å². The summed E-state index contributed by atoms with van der Waals surface area (Å²) in [6.45, 7) is 18.6. The molecular formula is C28H34S4. The second kappa shape index (κ2) is 9.90. The van der Waals surface area contributed by atoms with Gasteiger partial charge < -0.3 is 0 Å². The van der Waals surface area contributed by atoms with E-state index in [-0.39, 0.29) is 0 Å². The highest BCUT2D eigenvalue weighted by molar-refractivity contribution is 8.04. The second-order valence-electron chi connectivity index (χ2n) is 9.47. The molecule has 4 rings (SSSR count). The first-order valence-corrected chi connectivity index (χ1v) is 15.1. The zero-order valence-corrected chi connectivity index (χ0v) is 23.7. The summed E-state index contributed by atoms with van der Waals surface area (Å²) >= 11 is 8.16. The Bertz CT molecular complexity index is 1240. The maximum absolute atomic E-state index is 2.46. The van der Waals surface area contributed by atoms with E-state index in [0.717, 1.165) is 0 Å². The summed E-state index contributed by atoms with van der Waals surface area (Å²) in [6, 6.07) is 14.0. The van der Waals surface area contributed by atoms with Crippen LogP contribution in [0.3, 0.4) is 0 Å². The van der Waals surface area contributed by atoms with Gasteiger partial charge in [-0.2, -0.15) is 0 Å². The lowest BCUT2D eigenvalue weighted by Crippen LogP contribution is -2.01. The second-order valence-corrected chi connectivity index (χ2v) is 15.8. The quantitative estimate of drug-likeness (QED) is 0.175. The monoisotopic (exact) mass is 498 g/mol. The molecule has 4 aromatic rings. The van der Waals surface area contributed by atoms with Crippen molar-refractivity contribution in [2.45, 2.75) is 96.0 Å². The van der Waals surface area contributed by atoms with Crippen molar-refractivity contribution in [2.75, 3.05) is 0 Å². The Kier molecular flexibility index (Phi) is 7.56. The molecule has 0 atom stereocenters.